The summed E-state index contributed by atoms with van der Waals surface area (Å²) in [6, 6.07) is 11.7. The highest BCUT2D eigenvalue weighted by Gasteiger charge is 2.12. The summed E-state index contributed by atoms with van der Waals surface area (Å²) in [6.45, 7) is 1.55. The molecule has 108 valence electrons. The second kappa shape index (κ2) is 5.94. The molecule has 0 fully saturated rings. The van der Waals surface area contributed by atoms with Gasteiger partial charge < -0.3 is 5.11 Å². The summed E-state index contributed by atoms with van der Waals surface area (Å²) in [5.74, 6) is 0.957. The van der Waals surface area contributed by atoms with Gasteiger partial charge in [0.05, 0.1) is 0 Å². The molecule has 2 aromatic rings. The molecule has 1 N–H and O–H groups in total. The molecule has 0 aliphatic heterocycles. The van der Waals surface area contributed by atoms with Crippen LogP contribution < -0.4 is 0 Å². The minimum absolute atomic E-state index is 0.0266. The Morgan fingerprint density at radius 3 is 2.76 bits per heavy atom. The van der Waals surface area contributed by atoms with Crippen molar-refractivity contribution >= 4 is 17.5 Å². The van der Waals surface area contributed by atoms with E-state index in [1.165, 1.54) is 35.3 Å². The molecule has 0 atom stereocenters. The molecule has 21 heavy (non-hydrogen) atoms. The maximum Gasteiger partial charge on any atom is 0.159 e. The quantitative estimate of drug-likeness (QED) is 0.672. The number of phenolic OH excluding ortho intramolecular Hbond substituents is 1. The Labute approximate surface area is 129 Å². The predicted octanol–water partition coefficient (Wildman–Crippen LogP) is 4.38. The number of carbonyl (C=O) groups excluding carboxylic acids is 1. The number of benzene rings is 2. The fourth-order valence-corrected chi connectivity index (χ4v) is 3.66. The molecule has 0 spiro atoms. The van der Waals surface area contributed by atoms with Crippen LogP contribution in [0.1, 0.15) is 40.4 Å². The van der Waals surface area contributed by atoms with Crippen molar-refractivity contribution in [2.75, 3.05) is 0 Å². The van der Waals surface area contributed by atoms with Crippen LogP contribution in [0, 0.1) is 0 Å². The van der Waals surface area contributed by atoms with E-state index >= 15 is 0 Å². The Balaban J connectivity index is 1.75. The Bertz CT molecular complexity index is 692. The van der Waals surface area contributed by atoms with Crippen LogP contribution in [-0.2, 0) is 18.6 Å². The fraction of sp³-hybridized carbons (Fsp3) is 0.278. The number of hydrogen-bond donors (Lipinski definition) is 1. The zero-order valence-electron chi connectivity index (χ0n) is 12.1. The molecule has 0 unspecified atom stereocenters. The lowest BCUT2D eigenvalue weighted by molar-refractivity contribution is 0.101. The third-order valence-electron chi connectivity index (χ3n) is 3.95. The zero-order valence-corrected chi connectivity index (χ0v) is 12.9. The average molecular weight is 298 g/mol. The molecule has 0 aromatic heterocycles. The SMILES string of the molecule is CC(=O)c1ccc(O)c(CSc2ccc3c(c2)CCC3)c1. The second-order valence-electron chi connectivity index (χ2n) is 5.47. The van der Waals surface area contributed by atoms with E-state index < -0.39 is 0 Å². The van der Waals surface area contributed by atoms with Crippen LogP contribution in [0.15, 0.2) is 41.3 Å². The molecule has 0 bridgehead atoms. The highest BCUT2D eigenvalue weighted by Crippen LogP contribution is 2.31. The molecule has 3 rings (SSSR count). The van der Waals surface area contributed by atoms with Crippen molar-refractivity contribution in [2.24, 2.45) is 0 Å². The number of ketones is 1. The first kappa shape index (κ1) is 14.2. The fourth-order valence-electron chi connectivity index (χ4n) is 2.72. The van der Waals surface area contributed by atoms with Gasteiger partial charge in [0.25, 0.3) is 0 Å². The maximum absolute atomic E-state index is 11.4. The van der Waals surface area contributed by atoms with Gasteiger partial charge in [0.15, 0.2) is 5.78 Å². The van der Waals surface area contributed by atoms with Crippen molar-refractivity contribution < 1.29 is 9.90 Å². The standard InChI is InChI=1S/C18H18O2S/c1-12(19)14-6-8-18(20)16(9-14)11-21-17-7-5-13-3-2-4-15(13)10-17/h5-10,20H,2-4,11H2,1H3. The molecule has 3 heteroatoms. The summed E-state index contributed by atoms with van der Waals surface area (Å²) < 4.78 is 0. The average Bonchev–Trinajstić information content (AvgIpc) is 2.93. The van der Waals surface area contributed by atoms with Crippen LogP contribution in [0.4, 0.5) is 0 Å². The van der Waals surface area contributed by atoms with E-state index in [4.69, 9.17) is 0 Å². The summed E-state index contributed by atoms with van der Waals surface area (Å²) in [7, 11) is 0. The van der Waals surface area contributed by atoms with E-state index in [0.717, 1.165) is 5.56 Å². The molecular formula is C18H18O2S. The summed E-state index contributed by atoms with van der Waals surface area (Å²) in [6.07, 6.45) is 3.63. The summed E-state index contributed by atoms with van der Waals surface area (Å²) in [5.41, 5.74) is 4.40. The minimum atomic E-state index is 0.0266. The maximum atomic E-state index is 11.4. The van der Waals surface area contributed by atoms with Gasteiger partial charge in [-0.2, -0.15) is 0 Å². The molecule has 0 radical (unpaired) electrons. The molecule has 0 saturated heterocycles. The van der Waals surface area contributed by atoms with Gasteiger partial charge in [-0.05, 0) is 67.6 Å². The molecule has 1 aliphatic carbocycles. The molecule has 2 nitrogen and oxygen atoms in total. The smallest absolute Gasteiger partial charge is 0.159 e. The lowest BCUT2D eigenvalue weighted by atomic mass is 10.1. The Morgan fingerprint density at radius 2 is 1.95 bits per heavy atom. The van der Waals surface area contributed by atoms with E-state index in [0.29, 0.717) is 11.3 Å². The number of aryl methyl sites for hydroxylation is 2. The third-order valence-corrected chi connectivity index (χ3v) is 4.99. The van der Waals surface area contributed by atoms with E-state index in [9.17, 15) is 9.90 Å². The number of aromatic hydroxyl groups is 1. The highest BCUT2D eigenvalue weighted by atomic mass is 32.2. The molecular weight excluding hydrogens is 280 g/mol. The summed E-state index contributed by atoms with van der Waals surface area (Å²) in [5, 5.41) is 9.93. The minimum Gasteiger partial charge on any atom is -0.508 e. The van der Waals surface area contributed by atoms with Gasteiger partial charge in [-0.15, -0.1) is 11.8 Å². The summed E-state index contributed by atoms with van der Waals surface area (Å²) >= 11 is 1.70. The first-order valence-corrected chi connectivity index (χ1v) is 8.19. The van der Waals surface area contributed by atoms with Gasteiger partial charge in [0, 0.05) is 21.8 Å². The summed E-state index contributed by atoms with van der Waals surface area (Å²) in [4.78, 5) is 12.6. The number of phenols is 1. The lowest BCUT2D eigenvalue weighted by Crippen LogP contribution is -1.94. The van der Waals surface area contributed by atoms with Crippen molar-refractivity contribution in [2.45, 2.75) is 36.8 Å². The zero-order chi connectivity index (χ0) is 14.8. The number of fused-ring (bicyclic) bond motifs is 1. The van der Waals surface area contributed by atoms with E-state index in [1.54, 1.807) is 36.9 Å². The number of carbonyl (C=O) groups is 1. The first-order valence-electron chi connectivity index (χ1n) is 7.21. The highest BCUT2D eigenvalue weighted by molar-refractivity contribution is 7.98. The predicted molar refractivity (Wildman–Crippen MR) is 86.1 cm³/mol. The number of thioether (sulfide) groups is 1. The van der Waals surface area contributed by atoms with E-state index in [-0.39, 0.29) is 11.5 Å². The topological polar surface area (TPSA) is 37.3 Å². The van der Waals surface area contributed by atoms with Crippen LogP contribution in [0.2, 0.25) is 0 Å². The number of Topliss-reactive ketones (excluding diaryl/α,β-unsaturated/α-hetero) is 1. The normalized spacial score (nSPS) is 13.2. The molecule has 1 aliphatic rings. The van der Waals surface area contributed by atoms with Gasteiger partial charge in [-0.1, -0.05) is 6.07 Å². The Hall–Kier alpha value is -1.74. The van der Waals surface area contributed by atoms with Gasteiger partial charge in [-0.25, -0.2) is 0 Å². The van der Waals surface area contributed by atoms with Gasteiger partial charge in [0.1, 0.15) is 5.75 Å². The van der Waals surface area contributed by atoms with Crippen LogP contribution in [-0.4, -0.2) is 10.9 Å². The van der Waals surface area contributed by atoms with Crippen molar-refractivity contribution in [3.05, 3.63) is 58.7 Å². The largest absolute Gasteiger partial charge is 0.508 e. The van der Waals surface area contributed by atoms with Crippen LogP contribution in [0.25, 0.3) is 0 Å². The van der Waals surface area contributed by atoms with Crippen LogP contribution >= 0.6 is 11.8 Å². The molecule has 2 aromatic carbocycles. The number of hydrogen-bond acceptors (Lipinski definition) is 3. The Morgan fingerprint density at radius 1 is 1.14 bits per heavy atom. The second-order valence-corrected chi connectivity index (χ2v) is 6.52. The van der Waals surface area contributed by atoms with Crippen molar-refractivity contribution in [3.63, 3.8) is 0 Å². The van der Waals surface area contributed by atoms with Gasteiger partial charge >= 0.3 is 0 Å². The van der Waals surface area contributed by atoms with Crippen LogP contribution in [0.3, 0.4) is 0 Å². The molecule has 0 heterocycles. The van der Waals surface area contributed by atoms with Gasteiger partial charge in [-0.3, -0.25) is 4.79 Å². The lowest BCUT2D eigenvalue weighted by Gasteiger charge is -2.08. The third kappa shape index (κ3) is 3.13. The van der Waals surface area contributed by atoms with E-state index in [1.807, 2.05) is 0 Å². The molecule has 0 amide bonds. The van der Waals surface area contributed by atoms with Crippen molar-refractivity contribution in [3.8, 4) is 5.75 Å². The van der Waals surface area contributed by atoms with E-state index in [2.05, 4.69) is 18.2 Å². The number of rotatable bonds is 4. The van der Waals surface area contributed by atoms with Crippen molar-refractivity contribution in [1.29, 1.82) is 0 Å². The van der Waals surface area contributed by atoms with Crippen molar-refractivity contribution in [1.82, 2.24) is 0 Å². The first-order chi connectivity index (χ1) is 10.1. The van der Waals surface area contributed by atoms with Gasteiger partial charge in [0.2, 0.25) is 0 Å². The monoisotopic (exact) mass is 298 g/mol. The van der Waals surface area contributed by atoms with Crippen LogP contribution in [0.5, 0.6) is 5.75 Å². The Kier molecular flexibility index (Phi) is 4.02. The molecule has 0 saturated carbocycles.